The van der Waals surface area contributed by atoms with Crippen molar-refractivity contribution in [1.82, 2.24) is 9.97 Å². The van der Waals surface area contributed by atoms with Gasteiger partial charge in [-0.05, 0) is 39.3 Å². The molecule has 0 unspecified atom stereocenters. The molecule has 1 aromatic carbocycles. The predicted molar refractivity (Wildman–Crippen MR) is 88.2 cm³/mol. The molecule has 118 valence electrons. The highest BCUT2D eigenvalue weighted by Crippen LogP contribution is 2.17. The quantitative estimate of drug-likeness (QED) is 0.396. The molecule has 5 nitrogen and oxygen atoms in total. The summed E-state index contributed by atoms with van der Waals surface area (Å²) in [4.78, 5) is 30.7. The fourth-order valence-electron chi connectivity index (χ4n) is 1.91. The van der Waals surface area contributed by atoms with Crippen LogP contribution in [0.4, 0.5) is 0 Å². The van der Waals surface area contributed by atoms with E-state index in [9.17, 15) is 9.59 Å². The number of aromatic nitrogens is 2. The van der Waals surface area contributed by atoms with Crippen molar-refractivity contribution in [3.8, 4) is 0 Å². The molecule has 22 heavy (non-hydrogen) atoms. The van der Waals surface area contributed by atoms with E-state index in [1.807, 2.05) is 39.0 Å². The number of carbonyl (C=O) groups is 1. The zero-order valence-corrected chi connectivity index (χ0v) is 13.8. The van der Waals surface area contributed by atoms with Crippen LogP contribution in [0.5, 0.6) is 0 Å². The Kier molecular flexibility index (Phi) is 5.24. The highest BCUT2D eigenvalue weighted by molar-refractivity contribution is 7.99. The van der Waals surface area contributed by atoms with Crippen LogP contribution in [0.1, 0.15) is 33.6 Å². The largest absolute Gasteiger partial charge is 0.460 e. The molecule has 0 amide bonds. The first-order valence-electron chi connectivity index (χ1n) is 7.19. The van der Waals surface area contributed by atoms with Gasteiger partial charge < -0.3 is 9.72 Å². The number of hydrogen-bond donors (Lipinski definition) is 1. The molecule has 0 atom stereocenters. The molecule has 6 heteroatoms. The van der Waals surface area contributed by atoms with Crippen molar-refractivity contribution in [2.24, 2.45) is 0 Å². The first-order chi connectivity index (χ1) is 10.3. The molecule has 0 fully saturated rings. The maximum absolute atomic E-state index is 11.9. The summed E-state index contributed by atoms with van der Waals surface area (Å²) in [6.07, 6.45) is 1.04. The standard InChI is InChI=1S/C16H20N2O3S/c1-16(2,3)21-13(19)9-6-10-22-15-17-12-8-5-4-7-11(12)14(20)18-15/h4-5,7-8H,6,9-10H2,1-3H3,(H,17,18,20). The lowest BCUT2D eigenvalue weighted by atomic mass is 10.2. The van der Waals surface area contributed by atoms with Gasteiger partial charge in [0.05, 0.1) is 10.9 Å². The van der Waals surface area contributed by atoms with E-state index in [2.05, 4.69) is 9.97 Å². The summed E-state index contributed by atoms with van der Waals surface area (Å²) in [5.41, 5.74) is 0.0937. The van der Waals surface area contributed by atoms with Crippen LogP contribution >= 0.6 is 11.8 Å². The van der Waals surface area contributed by atoms with Crippen molar-refractivity contribution in [1.29, 1.82) is 0 Å². The minimum absolute atomic E-state index is 0.139. The molecule has 1 aromatic heterocycles. The van der Waals surface area contributed by atoms with E-state index in [4.69, 9.17) is 4.74 Å². The van der Waals surface area contributed by atoms with E-state index >= 15 is 0 Å². The summed E-state index contributed by atoms with van der Waals surface area (Å²) >= 11 is 1.43. The van der Waals surface area contributed by atoms with E-state index in [0.29, 0.717) is 34.7 Å². The van der Waals surface area contributed by atoms with Crippen LogP contribution in [-0.2, 0) is 9.53 Å². The first kappa shape index (κ1) is 16.5. The molecule has 2 aromatic rings. The Balaban J connectivity index is 1.88. The molecule has 0 aliphatic carbocycles. The van der Waals surface area contributed by atoms with Gasteiger partial charge in [-0.15, -0.1) is 0 Å². The SMILES string of the molecule is CC(C)(C)OC(=O)CCCSc1nc2ccccc2c(=O)[nH]1. The van der Waals surface area contributed by atoms with Gasteiger partial charge in [0.1, 0.15) is 5.60 Å². The van der Waals surface area contributed by atoms with Gasteiger partial charge in [-0.1, -0.05) is 23.9 Å². The van der Waals surface area contributed by atoms with E-state index in [1.165, 1.54) is 11.8 Å². The summed E-state index contributed by atoms with van der Waals surface area (Å²) in [6.45, 7) is 5.55. The van der Waals surface area contributed by atoms with Crippen molar-refractivity contribution in [2.75, 3.05) is 5.75 Å². The smallest absolute Gasteiger partial charge is 0.306 e. The number of thioether (sulfide) groups is 1. The summed E-state index contributed by atoms with van der Waals surface area (Å²) in [7, 11) is 0. The molecule has 0 saturated carbocycles. The van der Waals surface area contributed by atoms with E-state index in [0.717, 1.165) is 0 Å². The zero-order chi connectivity index (χ0) is 16.2. The maximum atomic E-state index is 11.9. The number of hydrogen-bond acceptors (Lipinski definition) is 5. The monoisotopic (exact) mass is 320 g/mol. The molecule has 0 spiro atoms. The number of nitrogens with zero attached hydrogens (tertiary/aromatic N) is 1. The Hall–Kier alpha value is -1.82. The summed E-state index contributed by atoms with van der Waals surface area (Å²) in [6, 6.07) is 7.23. The zero-order valence-electron chi connectivity index (χ0n) is 13.0. The van der Waals surface area contributed by atoms with Gasteiger partial charge in [0.2, 0.25) is 0 Å². The van der Waals surface area contributed by atoms with Crippen molar-refractivity contribution in [2.45, 2.75) is 44.4 Å². The van der Waals surface area contributed by atoms with Gasteiger partial charge in [0.15, 0.2) is 5.16 Å². The van der Waals surface area contributed by atoms with Gasteiger partial charge >= 0.3 is 5.97 Å². The molecule has 0 bridgehead atoms. The Morgan fingerprint density at radius 3 is 2.77 bits per heavy atom. The lowest BCUT2D eigenvalue weighted by Crippen LogP contribution is -2.23. The number of esters is 1. The van der Waals surface area contributed by atoms with Crippen LogP contribution in [0.3, 0.4) is 0 Å². The molecule has 0 saturated heterocycles. The minimum Gasteiger partial charge on any atom is -0.460 e. The molecule has 1 N–H and O–H groups in total. The molecule has 1 heterocycles. The average Bonchev–Trinajstić information content (AvgIpc) is 2.42. The molecular formula is C16H20N2O3S. The van der Waals surface area contributed by atoms with Gasteiger partial charge in [-0.2, -0.15) is 0 Å². The van der Waals surface area contributed by atoms with Gasteiger partial charge in [-0.25, -0.2) is 4.98 Å². The fraction of sp³-hybridized carbons (Fsp3) is 0.438. The van der Waals surface area contributed by atoms with Crippen LogP contribution < -0.4 is 5.56 Å². The second kappa shape index (κ2) is 6.96. The molecule has 0 aliphatic heterocycles. The number of aromatic amines is 1. The molecule has 0 radical (unpaired) electrons. The lowest BCUT2D eigenvalue weighted by molar-refractivity contribution is -0.154. The number of benzene rings is 1. The van der Waals surface area contributed by atoms with Crippen molar-refractivity contribution in [3.63, 3.8) is 0 Å². The van der Waals surface area contributed by atoms with Crippen molar-refractivity contribution in [3.05, 3.63) is 34.6 Å². The Morgan fingerprint density at radius 1 is 1.32 bits per heavy atom. The van der Waals surface area contributed by atoms with Crippen LogP contribution in [0.25, 0.3) is 10.9 Å². The predicted octanol–water partition coefficient (Wildman–Crippen LogP) is 3.14. The maximum Gasteiger partial charge on any atom is 0.306 e. The fourth-order valence-corrected chi connectivity index (χ4v) is 2.72. The third-order valence-electron chi connectivity index (χ3n) is 2.78. The summed E-state index contributed by atoms with van der Waals surface area (Å²) in [5, 5.41) is 1.16. The summed E-state index contributed by atoms with van der Waals surface area (Å²) < 4.78 is 5.25. The first-order valence-corrected chi connectivity index (χ1v) is 8.17. The van der Waals surface area contributed by atoms with E-state index in [-0.39, 0.29) is 11.5 Å². The van der Waals surface area contributed by atoms with Crippen molar-refractivity contribution >= 4 is 28.6 Å². The Morgan fingerprint density at radius 2 is 2.05 bits per heavy atom. The van der Waals surface area contributed by atoms with Crippen LogP contribution in [0, 0.1) is 0 Å². The number of H-pyrrole nitrogens is 1. The van der Waals surface area contributed by atoms with Gasteiger partial charge in [-0.3, -0.25) is 9.59 Å². The molecule has 0 aliphatic rings. The Bertz CT molecular complexity index is 719. The number of nitrogens with one attached hydrogen (secondary N) is 1. The minimum atomic E-state index is -0.449. The highest BCUT2D eigenvalue weighted by Gasteiger charge is 2.15. The number of para-hydroxylation sites is 1. The Labute approximate surface area is 133 Å². The van der Waals surface area contributed by atoms with Gasteiger partial charge in [0.25, 0.3) is 5.56 Å². The third-order valence-corrected chi connectivity index (χ3v) is 3.73. The van der Waals surface area contributed by atoms with Crippen molar-refractivity contribution < 1.29 is 9.53 Å². The summed E-state index contributed by atoms with van der Waals surface area (Å²) in [5.74, 6) is 0.494. The van der Waals surface area contributed by atoms with Crippen LogP contribution in [0.2, 0.25) is 0 Å². The third kappa shape index (κ3) is 4.87. The normalized spacial score (nSPS) is 11.6. The second-order valence-electron chi connectivity index (χ2n) is 5.93. The topological polar surface area (TPSA) is 72.0 Å². The second-order valence-corrected chi connectivity index (χ2v) is 7.01. The average molecular weight is 320 g/mol. The lowest BCUT2D eigenvalue weighted by Gasteiger charge is -2.19. The number of ether oxygens (including phenoxy) is 1. The van der Waals surface area contributed by atoms with Crippen LogP contribution in [-0.4, -0.2) is 27.3 Å². The number of rotatable bonds is 5. The number of fused-ring (bicyclic) bond motifs is 1. The highest BCUT2D eigenvalue weighted by atomic mass is 32.2. The van der Waals surface area contributed by atoms with Gasteiger partial charge in [0, 0.05) is 12.2 Å². The molecular weight excluding hydrogens is 300 g/mol. The van der Waals surface area contributed by atoms with E-state index < -0.39 is 5.60 Å². The van der Waals surface area contributed by atoms with E-state index in [1.54, 1.807) is 6.07 Å². The molecule has 2 rings (SSSR count). The number of carbonyl (C=O) groups excluding carboxylic acids is 1. The van der Waals surface area contributed by atoms with Crippen LogP contribution in [0.15, 0.2) is 34.2 Å².